The lowest BCUT2D eigenvalue weighted by atomic mass is 9.49. The molecule has 3 nitrogen and oxygen atoms in total. The number of allylic oxidation sites excluding steroid dienone is 1. The van der Waals surface area contributed by atoms with Crippen molar-refractivity contribution in [3.05, 3.63) is 11.6 Å². The Morgan fingerprint density at radius 3 is 2.52 bits per heavy atom. The molecule has 3 unspecified atom stereocenters. The van der Waals surface area contributed by atoms with E-state index in [-0.39, 0.29) is 17.5 Å². The Morgan fingerprint density at radius 1 is 1.06 bits per heavy atom. The van der Waals surface area contributed by atoms with E-state index >= 15 is 0 Å². The maximum absolute atomic E-state index is 12.2. The summed E-state index contributed by atoms with van der Waals surface area (Å²) in [7, 11) is 5.61. The highest BCUT2D eigenvalue weighted by molar-refractivity contribution is 6.08. The standard InChI is InChI=1S/C29H45BO3/c1-20(31)33-27-14-13-26-28-21(10-8-6-4-3-5-7-9-17-30)18-22-19-23(32)11-12-24(22)25(28)15-16-29(26,27)2/h19,21,24-28H,3-18H2,1-2H3/t21-,24+,25?,26?,27+,28?,29+/m1/s1. The van der Waals surface area contributed by atoms with Gasteiger partial charge in [0.15, 0.2) is 5.78 Å². The highest BCUT2D eigenvalue weighted by Gasteiger charge is 2.59. The average molecular weight is 452 g/mol. The van der Waals surface area contributed by atoms with E-state index in [0.717, 1.165) is 50.3 Å². The molecule has 4 heteroatoms. The van der Waals surface area contributed by atoms with Crippen molar-refractivity contribution in [1.29, 1.82) is 0 Å². The van der Waals surface area contributed by atoms with E-state index in [0.29, 0.717) is 23.5 Å². The zero-order valence-corrected chi connectivity index (χ0v) is 21.2. The van der Waals surface area contributed by atoms with Crippen molar-refractivity contribution in [2.45, 2.75) is 123 Å². The molecule has 4 aliphatic rings. The molecule has 0 amide bonds. The first kappa shape index (κ1) is 25.1. The van der Waals surface area contributed by atoms with Crippen LogP contribution in [0.25, 0.3) is 0 Å². The summed E-state index contributed by atoms with van der Waals surface area (Å²) in [5.74, 6) is 3.70. The molecule has 3 fully saturated rings. The zero-order chi connectivity index (χ0) is 23.4. The van der Waals surface area contributed by atoms with E-state index in [1.165, 1.54) is 69.8 Å². The van der Waals surface area contributed by atoms with E-state index in [1.54, 1.807) is 6.92 Å². The number of rotatable bonds is 10. The lowest BCUT2D eigenvalue weighted by Gasteiger charge is -2.56. The van der Waals surface area contributed by atoms with Crippen molar-refractivity contribution >= 4 is 19.6 Å². The summed E-state index contributed by atoms with van der Waals surface area (Å²) in [6, 6.07) is 0. The molecule has 0 bridgehead atoms. The first-order valence-corrected chi connectivity index (χ1v) is 14.0. The maximum atomic E-state index is 12.2. The third-order valence-corrected chi connectivity index (χ3v) is 9.97. The molecule has 0 spiro atoms. The van der Waals surface area contributed by atoms with Gasteiger partial charge in [0.05, 0.1) is 7.85 Å². The van der Waals surface area contributed by atoms with Crippen molar-refractivity contribution in [1.82, 2.24) is 0 Å². The second-order valence-corrected chi connectivity index (χ2v) is 11.9. The van der Waals surface area contributed by atoms with Crippen LogP contribution in [0.3, 0.4) is 0 Å². The molecule has 7 atom stereocenters. The largest absolute Gasteiger partial charge is 0.462 e. The average Bonchev–Trinajstić information content (AvgIpc) is 3.10. The van der Waals surface area contributed by atoms with Crippen LogP contribution in [0.1, 0.15) is 110 Å². The lowest BCUT2D eigenvalue weighted by Crippen LogP contribution is -2.51. The topological polar surface area (TPSA) is 43.4 Å². The van der Waals surface area contributed by atoms with Crippen LogP contribution in [0.15, 0.2) is 11.6 Å². The lowest BCUT2D eigenvalue weighted by molar-refractivity contribution is -0.157. The van der Waals surface area contributed by atoms with Crippen molar-refractivity contribution in [2.75, 3.05) is 0 Å². The van der Waals surface area contributed by atoms with Crippen molar-refractivity contribution in [2.24, 2.45) is 35.0 Å². The van der Waals surface area contributed by atoms with Crippen LogP contribution in [0, 0.1) is 35.0 Å². The van der Waals surface area contributed by atoms with Gasteiger partial charge >= 0.3 is 5.97 Å². The van der Waals surface area contributed by atoms with Crippen LogP contribution < -0.4 is 0 Å². The van der Waals surface area contributed by atoms with Gasteiger partial charge in [0, 0.05) is 18.8 Å². The smallest absolute Gasteiger partial charge is 0.302 e. The van der Waals surface area contributed by atoms with Crippen LogP contribution in [-0.2, 0) is 14.3 Å². The fourth-order valence-electron chi connectivity index (χ4n) is 8.45. The number of unbranched alkanes of at least 4 members (excludes halogenated alkanes) is 6. The number of carbonyl (C=O) groups is 2. The monoisotopic (exact) mass is 452 g/mol. The van der Waals surface area contributed by atoms with Crippen molar-refractivity contribution in [3.8, 4) is 0 Å². The molecule has 182 valence electrons. The number of ether oxygens (including phenoxy) is 1. The molecule has 3 saturated carbocycles. The Morgan fingerprint density at radius 2 is 1.79 bits per heavy atom. The molecule has 0 heterocycles. The second kappa shape index (κ2) is 11.1. The number of hydrogen-bond acceptors (Lipinski definition) is 3. The minimum absolute atomic E-state index is 0.0972. The Balaban J connectivity index is 1.44. The van der Waals surface area contributed by atoms with Crippen molar-refractivity contribution in [3.63, 3.8) is 0 Å². The third-order valence-electron chi connectivity index (χ3n) is 9.97. The van der Waals surface area contributed by atoms with Crippen LogP contribution in [0.2, 0.25) is 6.32 Å². The SMILES string of the molecule is [B]CCCCCCCCC[C@@H]1CC2=CC(=O)CC[C@@H]2C2CC[C@@]3(C)C(CC[C@@H]3OC(C)=O)C21. The molecule has 4 aliphatic carbocycles. The zero-order valence-electron chi connectivity index (χ0n) is 21.2. The Labute approximate surface area is 203 Å². The van der Waals surface area contributed by atoms with Gasteiger partial charge in [0.25, 0.3) is 0 Å². The van der Waals surface area contributed by atoms with Gasteiger partial charge in [0.2, 0.25) is 0 Å². The summed E-state index contributed by atoms with van der Waals surface area (Å²) in [6.07, 6.45) is 20.9. The molecule has 0 aromatic rings. The minimum atomic E-state index is -0.119. The molecule has 33 heavy (non-hydrogen) atoms. The van der Waals surface area contributed by atoms with Crippen LogP contribution in [-0.4, -0.2) is 25.7 Å². The molecule has 0 aromatic carbocycles. The first-order valence-electron chi connectivity index (χ1n) is 14.0. The highest BCUT2D eigenvalue weighted by Crippen LogP contribution is 2.64. The van der Waals surface area contributed by atoms with Gasteiger partial charge in [-0.3, -0.25) is 9.59 Å². The fraction of sp³-hybridized carbons (Fsp3) is 0.862. The number of esters is 1. The van der Waals surface area contributed by atoms with E-state index in [1.807, 2.05) is 6.08 Å². The maximum Gasteiger partial charge on any atom is 0.302 e. The first-order chi connectivity index (χ1) is 15.9. The fourth-order valence-corrected chi connectivity index (χ4v) is 8.45. The molecule has 0 N–H and O–H groups in total. The van der Waals surface area contributed by atoms with E-state index in [4.69, 9.17) is 12.6 Å². The molecule has 0 aliphatic heterocycles. The van der Waals surface area contributed by atoms with E-state index in [9.17, 15) is 9.59 Å². The summed E-state index contributed by atoms with van der Waals surface area (Å²) in [5, 5.41) is 0. The Kier molecular flexibility index (Phi) is 8.44. The van der Waals surface area contributed by atoms with E-state index in [2.05, 4.69) is 6.92 Å². The van der Waals surface area contributed by atoms with E-state index < -0.39 is 0 Å². The van der Waals surface area contributed by atoms with Crippen LogP contribution in [0.4, 0.5) is 0 Å². The number of fused-ring (bicyclic) bond motifs is 5. The molecular weight excluding hydrogens is 407 g/mol. The number of carbonyl (C=O) groups excluding carboxylic acids is 2. The molecule has 4 rings (SSSR count). The third kappa shape index (κ3) is 5.45. The minimum Gasteiger partial charge on any atom is -0.462 e. The molecule has 0 aromatic heterocycles. The predicted molar refractivity (Wildman–Crippen MR) is 134 cm³/mol. The van der Waals surface area contributed by atoms with Gasteiger partial charge < -0.3 is 4.74 Å². The van der Waals surface area contributed by atoms with Gasteiger partial charge in [0.1, 0.15) is 6.10 Å². The quantitative estimate of drug-likeness (QED) is 0.204. The normalized spacial score (nSPS) is 37.6. The van der Waals surface area contributed by atoms with Crippen molar-refractivity contribution < 1.29 is 14.3 Å². The van der Waals surface area contributed by atoms with Gasteiger partial charge in [-0.1, -0.05) is 63.8 Å². The van der Waals surface area contributed by atoms with Crippen LogP contribution in [0.5, 0.6) is 0 Å². The predicted octanol–water partition coefficient (Wildman–Crippen LogP) is 6.99. The molecule has 2 radical (unpaired) electrons. The molecule has 0 saturated heterocycles. The van der Waals surface area contributed by atoms with Gasteiger partial charge in [-0.25, -0.2) is 0 Å². The Hall–Kier alpha value is -1.06. The summed E-state index contributed by atoms with van der Waals surface area (Å²) in [6.45, 7) is 3.99. The molecular formula is C29H45BO3. The highest BCUT2D eigenvalue weighted by atomic mass is 16.5. The number of hydrogen-bond donors (Lipinski definition) is 0. The summed E-state index contributed by atoms with van der Waals surface area (Å²) in [5.41, 5.74) is 1.62. The number of ketones is 1. The summed E-state index contributed by atoms with van der Waals surface area (Å²) >= 11 is 0. The summed E-state index contributed by atoms with van der Waals surface area (Å²) in [4.78, 5) is 24.0. The van der Waals surface area contributed by atoms with Gasteiger partial charge in [-0.2, -0.15) is 0 Å². The Bertz CT molecular complexity index is 730. The second-order valence-electron chi connectivity index (χ2n) is 11.9. The van der Waals surface area contributed by atoms with Crippen LogP contribution >= 0.6 is 0 Å². The van der Waals surface area contributed by atoms with Gasteiger partial charge in [-0.15, -0.1) is 0 Å². The van der Waals surface area contributed by atoms with Gasteiger partial charge in [-0.05, 0) is 80.6 Å². The summed E-state index contributed by atoms with van der Waals surface area (Å²) < 4.78 is 5.87.